The van der Waals surface area contributed by atoms with Crippen LogP contribution in [0.3, 0.4) is 0 Å². The van der Waals surface area contributed by atoms with Gasteiger partial charge in [-0.05, 0) is 86.8 Å². The number of benzene rings is 1. The van der Waals surface area contributed by atoms with E-state index in [1.165, 1.54) is 24.8 Å². The van der Waals surface area contributed by atoms with Crippen LogP contribution in [0.1, 0.15) is 44.2 Å². The summed E-state index contributed by atoms with van der Waals surface area (Å²) >= 11 is 0. The van der Waals surface area contributed by atoms with E-state index in [0.717, 1.165) is 36.9 Å². The molecule has 0 unspecified atom stereocenters. The highest BCUT2D eigenvalue weighted by Gasteiger charge is 2.58. The standard InChI is InChI=1S/C26H23FN6O/c27-19-3-1-18(2-4-19)23-24(21-5-6-22-29-13-20(12-28)33(22)31-21)32(15-30-23)25-8-16-7-17(9-25)11-26(34,10-16)14-25/h1-6,13,15-17,34H,7-11,14H2/t16-,17+,25-,26-. The number of aliphatic hydroxyl groups is 1. The van der Waals surface area contributed by atoms with Gasteiger partial charge in [-0.2, -0.15) is 10.4 Å². The summed E-state index contributed by atoms with van der Waals surface area (Å²) in [4.78, 5) is 9.08. The number of hydrogen-bond donors (Lipinski definition) is 1. The van der Waals surface area contributed by atoms with E-state index in [1.54, 1.807) is 16.6 Å². The van der Waals surface area contributed by atoms with Crippen LogP contribution in [-0.2, 0) is 5.54 Å². The van der Waals surface area contributed by atoms with Crippen molar-refractivity contribution in [2.45, 2.75) is 49.7 Å². The molecule has 4 aliphatic rings. The molecule has 4 saturated carbocycles. The van der Waals surface area contributed by atoms with Gasteiger partial charge < -0.3 is 9.67 Å². The number of nitriles is 1. The third-order valence-electron chi connectivity index (χ3n) is 8.12. The zero-order valence-electron chi connectivity index (χ0n) is 18.5. The Morgan fingerprint density at radius 1 is 1.03 bits per heavy atom. The first-order valence-corrected chi connectivity index (χ1v) is 11.8. The molecule has 3 aromatic heterocycles. The van der Waals surface area contributed by atoms with Gasteiger partial charge >= 0.3 is 0 Å². The van der Waals surface area contributed by atoms with Crippen LogP contribution >= 0.6 is 0 Å². The van der Waals surface area contributed by atoms with Crippen LogP contribution in [0, 0.1) is 29.0 Å². The molecule has 4 aliphatic carbocycles. The molecule has 4 atom stereocenters. The number of imidazole rings is 2. The third kappa shape index (κ3) is 2.80. The van der Waals surface area contributed by atoms with Crippen LogP contribution < -0.4 is 0 Å². The minimum absolute atomic E-state index is 0.233. The predicted molar refractivity (Wildman–Crippen MR) is 122 cm³/mol. The van der Waals surface area contributed by atoms with Gasteiger partial charge in [-0.3, -0.25) is 0 Å². The highest BCUT2D eigenvalue weighted by atomic mass is 19.1. The van der Waals surface area contributed by atoms with Crippen LogP contribution in [0.15, 0.2) is 48.9 Å². The average molecular weight is 455 g/mol. The van der Waals surface area contributed by atoms with Crippen LogP contribution in [0.5, 0.6) is 0 Å². The number of rotatable bonds is 3. The molecule has 0 aliphatic heterocycles. The summed E-state index contributed by atoms with van der Waals surface area (Å²) in [5, 5.41) is 25.7. The van der Waals surface area contributed by atoms with Crippen LogP contribution in [-0.4, -0.2) is 34.9 Å². The first-order chi connectivity index (χ1) is 16.5. The zero-order chi connectivity index (χ0) is 23.1. The van der Waals surface area contributed by atoms with Crippen molar-refractivity contribution in [3.63, 3.8) is 0 Å². The Morgan fingerprint density at radius 3 is 2.50 bits per heavy atom. The third-order valence-corrected chi connectivity index (χ3v) is 8.12. The summed E-state index contributed by atoms with van der Waals surface area (Å²) in [5.74, 6) is 0.708. The second-order valence-corrected chi connectivity index (χ2v) is 10.5. The lowest BCUT2D eigenvalue weighted by Crippen LogP contribution is -2.59. The highest BCUT2D eigenvalue weighted by Crippen LogP contribution is 2.61. The Kier molecular flexibility index (Phi) is 3.93. The fraction of sp³-hybridized carbons (Fsp3) is 0.385. The smallest absolute Gasteiger partial charge is 0.162 e. The lowest BCUT2D eigenvalue weighted by molar-refractivity contribution is -0.156. The Labute approximate surface area is 195 Å². The first-order valence-electron chi connectivity index (χ1n) is 11.8. The van der Waals surface area contributed by atoms with Gasteiger partial charge in [0, 0.05) is 11.1 Å². The predicted octanol–water partition coefficient (Wildman–Crippen LogP) is 4.31. The summed E-state index contributed by atoms with van der Waals surface area (Å²) in [6, 6.07) is 12.2. The van der Waals surface area contributed by atoms with E-state index in [2.05, 4.69) is 15.6 Å². The van der Waals surface area contributed by atoms with E-state index in [9.17, 15) is 14.8 Å². The molecule has 0 amide bonds. The van der Waals surface area contributed by atoms with Gasteiger partial charge in [0.2, 0.25) is 0 Å². The van der Waals surface area contributed by atoms with Crippen LogP contribution in [0.4, 0.5) is 4.39 Å². The monoisotopic (exact) mass is 454 g/mol. The quantitative estimate of drug-likeness (QED) is 0.498. The normalized spacial score (nSPS) is 29.6. The van der Waals surface area contributed by atoms with Crippen molar-refractivity contribution < 1.29 is 9.50 Å². The molecule has 1 N–H and O–H groups in total. The van der Waals surface area contributed by atoms with E-state index >= 15 is 0 Å². The molecular weight excluding hydrogens is 431 g/mol. The number of hydrogen-bond acceptors (Lipinski definition) is 5. The summed E-state index contributed by atoms with van der Waals surface area (Å²) in [5.41, 5.74) is 3.10. The van der Waals surface area contributed by atoms with Crippen LogP contribution in [0.2, 0.25) is 0 Å². The van der Waals surface area contributed by atoms with Gasteiger partial charge in [0.25, 0.3) is 0 Å². The maximum Gasteiger partial charge on any atom is 0.162 e. The molecule has 0 spiro atoms. The molecule has 8 rings (SSSR count). The van der Waals surface area contributed by atoms with Gasteiger partial charge in [0.05, 0.1) is 29.5 Å². The Hall–Kier alpha value is -3.57. The lowest BCUT2D eigenvalue weighted by atomic mass is 9.51. The second kappa shape index (κ2) is 6.73. The van der Waals surface area contributed by atoms with Gasteiger partial charge in [-0.15, -0.1) is 0 Å². The minimum atomic E-state index is -0.628. The average Bonchev–Trinajstić information content (AvgIpc) is 3.42. The van der Waals surface area contributed by atoms with Crippen molar-refractivity contribution in [2.75, 3.05) is 0 Å². The van der Waals surface area contributed by atoms with Crippen molar-refractivity contribution in [2.24, 2.45) is 11.8 Å². The summed E-state index contributed by atoms with van der Waals surface area (Å²) in [7, 11) is 0. The number of nitrogens with zero attached hydrogens (tertiary/aromatic N) is 6. The van der Waals surface area contributed by atoms with Crippen molar-refractivity contribution in [3.05, 3.63) is 60.4 Å². The van der Waals surface area contributed by atoms with Gasteiger partial charge in [-0.25, -0.2) is 18.9 Å². The first kappa shape index (κ1) is 19.9. The Bertz CT molecular complexity index is 1470. The maximum absolute atomic E-state index is 13.7. The Balaban J connectivity index is 1.46. The van der Waals surface area contributed by atoms with Crippen molar-refractivity contribution in [1.82, 2.24) is 24.1 Å². The van der Waals surface area contributed by atoms with Gasteiger partial charge in [-0.1, -0.05) is 0 Å². The molecule has 8 heteroatoms. The largest absolute Gasteiger partial charge is 0.390 e. The van der Waals surface area contributed by atoms with E-state index in [0.29, 0.717) is 41.0 Å². The molecule has 0 radical (unpaired) electrons. The van der Waals surface area contributed by atoms with E-state index in [4.69, 9.17) is 10.1 Å². The number of halogens is 1. The molecule has 4 bridgehead atoms. The highest BCUT2D eigenvalue weighted by molar-refractivity contribution is 5.77. The fourth-order valence-corrected chi connectivity index (χ4v) is 7.30. The molecule has 34 heavy (non-hydrogen) atoms. The Morgan fingerprint density at radius 2 is 1.79 bits per heavy atom. The molecule has 3 heterocycles. The van der Waals surface area contributed by atoms with E-state index in [-0.39, 0.29) is 11.4 Å². The number of aromatic nitrogens is 5. The SMILES string of the molecule is N#Cc1cnc2ccc(-c3c(-c4ccc(F)cc4)ncn3[C@]34C[C@@H]5C[C@@H](C[C@@](O)(C5)C3)C4)nn12. The van der Waals surface area contributed by atoms with E-state index < -0.39 is 5.60 Å². The van der Waals surface area contributed by atoms with E-state index in [1.807, 2.05) is 18.5 Å². The fourth-order valence-electron chi connectivity index (χ4n) is 7.30. The maximum atomic E-state index is 13.7. The molecule has 4 fully saturated rings. The van der Waals surface area contributed by atoms with Crippen molar-refractivity contribution in [3.8, 4) is 28.7 Å². The molecular formula is C26H23FN6O. The topological polar surface area (TPSA) is 92.0 Å². The molecule has 1 aromatic carbocycles. The van der Waals surface area contributed by atoms with Crippen molar-refractivity contribution >= 4 is 5.65 Å². The van der Waals surface area contributed by atoms with Gasteiger partial charge in [0.1, 0.15) is 17.6 Å². The summed E-state index contributed by atoms with van der Waals surface area (Å²) < 4.78 is 17.5. The minimum Gasteiger partial charge on any atom is -0.390 e. The second-order valence-electron chi connectivity index (χ2n) is 10.5. The lowest BCUT2D eigenvalue weighted by Gasteiger charge is -2.60. The van der Waals surface area contributed by atoms with Gasteiger partial charge in [0.15, 0.2) is 11.3 Å². The molecule has 7 nitrogen and oxygen atoms in total. The zero-order valence-corrected chi connectivity index (χ0v) is 18.5. The summed E-state index contributed by atoms with van der Waals surface area (Å²) in [6.45, 7) is 0. The molecule has 4 aromatic rings. The molecule has 170 valence electrons. The molecule has 0 saturated heterocycles. The number of fused-ring (bicyclic) bond motifs is 1. The van der Waals surface area contributed by atoms with Crippen LogP contribution in [0.25, 0.3) is 28.3 Å². The summed E-state index contributed by atoms with van der Waals surface area (Å²) in [6.07, 6.45) is 9.05. The van der Waals surface area contributed by atoms with Crippen molar-refractivity contribution in [1.29, 1.82) is 5.26 Å².